The van der Waals surface area contributed by atoms with Crippen LogP contribution in [0.4, 0.5) is 0 Å². The normalized spacial score (nSPS) is 46.8. The maximum Gasteiger partial charge on any atom is 0.190 e. The van der Waals surface area contributed by atoms with Gasteiger partial charge < -0.3 is 33.9 Å². The van der Waals surface area contributed by atoms with E-state index < -0.39 is 55.0 Å². The quantitative estimate of drug-likeness (QED) is 0.724. The van der Waals surface area contributed by atoms with E-state index in [2.05, 4.69) is 0 Å². The number of fused-ring (bicyclic) bond motifs is 3. The molecular weight excluding hydrogens is 268 g/mol. The minimum atomic E-state index is -1.06. The predicted octanol–water partition coefficient (Wildman–Crippen LogP) is -0.264. The van der Waals surface area contributed by atoms with Gasteiger partial charge >= 0.3 is 0 Å². The van der Waals surface area contributed by atoms with Gasteiger partial charge in [-0.05, 0) is 27.7 Å². The molecule has 3 aliphatic rings. The molecule has 20 heavy (non-hydrogen) atoms. The molecule has 0 aromatic heterocycles. The zero-order valence-corrected chi connectivity index (χ0v) is 12.1. The zero-order chi connectivity index (χ0) is 14.7. The van der Waals surface area contributed by atoms with E-state index in [9.17, 15) is 10.2 Å². The van der Waals surface area contributed by atoms with Crippen molar-refractivity contribution in [2.45, 2.75) is 76.1 Å². The van der Waals surface area contributed by atoms with Crippen LogP contribution in [0.25, 0.3) is 0 Å². The maximum absolute atomic E-state index is 9.94. The molecule has 116 valence electrons. The number of hydrogen-bond acceptors (Lipinski definition) is 7. The maximum atomic E-state index is 9.94. The molecule has 2 N–H and O–H groups in total. The first-order chi connectivity index (χ1) is 9.22. The van der Waals surface area contributed by atoms with E-state index in [4.69, 9.17) is 23.7 Å². The predicted molar refractivity (Wildman–Crippen MR) is 65.6 cm³/mol. The van der Waals surface area contributed by atoms with Crippen molar-refractivity contribution in [2.75, 3.05) is 6.61 Å². The van der Waals surface area contributed by atoms with E-state index >= 15 is 0 Å². The summed E-state index contributed by atoms with van der Waals surface area (Å²) in [5.74, 6) is -1.58. The summed E-state index contributed by atoms with van der Waals surface area (Å²) in [5, 5.41) is 19.1. The fourth-order valence-corrected chi connectivity index (χ4v) is 3.06. The highest BCUT2D eigenvalue weighted by Crippen LogP contribution is 2.44. The first-order valence-corrected chi connectivity index (χ1v) is 6.88. The first kappa shape index (κ1) is 14.6. The number of rotatable bonds is 2. The average molecular weight is 290 g/mol. The molecule has 0 radical (unpaired) electrons. The summed E-state index contributed by atoms with van der Waals surface area (Å²) in [6, 6.07) is 0. The molecule has 3 aliphatic heterocycles. The lowest BCUT2D eigenvalue weighted by Gasteiger charge is -2.38. The molecule has 0 bridgehead atoms. The van der Waals surface area contributed by atoms with Crippen LogP contribution >= 0.6 is 0 Å². The molecule has 6 atom stereocenters. The Labute approximate surface area is 117 Å². The van der Waals surface area contributed by atoms with E-state index in [1.54, 1.807) is 27.7 Å². The van der Waals surface area contributed by atoms with Gasteiger partial charge in [0.15, 0.2) is 17.9 Å². The van der Waals surface area contributed by atoms with Crippen LogP contribution in [-0.2, 0) is 23.7 Å². The van der Waals surface area contributed by atoms with Crippen LogP contribution in [-0.4, -0.2) is 65.2 Å². The largest absolute Gasteiger partial charge is 0.394 e. The zero-order valence-electron chi connectivity index (χ0n) is 12.1. The second kappa shape index (κ2) is 4.61. The van der Waals surface area contributed by atoms with Gasteiger partial charge in [-0.15, -0.1) is 0 Å². The minimum Gasteiger partial charge on any atom is -0.394 e. The Balaban J connectivity index is 1.88. The Bertz CT molecular complexity index is 383. The lowest BCUT2D eigenvalue weighted by Crippen LogP contribution is -2.59. The molecule has 0 aromatic rings. The number of hydrogen-bond donors (Lipinski definition) is 2. The molecule has 7 heteroatoms. The number of aliphatic hydroxyl groups excluding tert-OH is 2. The third-order valence-corrected chi connectivity index (χ3v) is 3.76. The highest BCUT2D eigenvalue weighted by molar-refractivity contribution is 5.01. The van der Waals surface area contributed by atoms with Crippen molar-refractivity contribution in [3.63, 3.8) is 0 Å². The van der Waals surface area contributed by atoms with Gasteiger partial charge in [0.1, 0.15) is 30.5 Å². The summed E-state index contributed by atoms with van der Waals surface area (Å²) in [6.07, 6.45) is -3.75. The van der Waals surface area contributed by atoms with Crippen LogP contribution in [0.15, 0.2) is 0 Å². The lowest BCUT2D eigenvalue weighted by molar-refractivity contribution is -0.255. The molecule has 3 saturated heterocycles. The molecule has 3 fully saturated rings. The average Bonchev–Trinajstić information content (AvgIpc) is 2.81. The van der Waals surface area contributed by atoms with Crippen molar-refractivity contribution in [1.82, 2.24) is 0 Å². The summed E-state index contributed by atoms with van der Waals surface area (Å²) in [6.45, 7) is 6.76. The van der Waals surface area contributed by atoms with Crippen LogP contribution in [0.3, 0.4) is 0 Å². The van der Waals surface area contributed by atoms with Gasteiger partial charge in [0.05, 0.1) is 6.61 Å². The molecule has 0 amide bonds. The van der Waals surface area contributed by atoms with Crippen molar-refractivity contribution < 1.29 is 33.9 Å². The molecule has 7 nitrogen and oxygen atoms in total. The molecule has 0 aliphatic carbocycles. The van der Waals surface area contributed by atoms with Crippen LogP contribution < -0.4 is 0 Å². The second-order valence-electron chi connectivity index (χ2n) is 6.38. The molecule has 0 saturated carbocycles. The third-order valence-electron chi connectivity index (χ3n) is 3.76. The summed E-state index contributed by atoms with van der Waals surface area (Å²) < 4.78 is 28.9. The monoisotopic (exact) mass is 290 g/mol. The highest BCUT2D eigenvalue weighted by Gasteiger charge is 2.61. The van der Waals surface area contributed by atoms with Gasteiger partial charge in [-0.3, -0.25) is 0 Å². The highest BCUT2D eigenvalue weighted by atomic mass is 16.9. The van der Waals surface area contributed by atoms with Crippen LogP contribution in [0.5, 0.6) is 0 Å². The lowest BCUT2D eigenvalue weighted by atomic mass is 9.96. The van der Waals surface area contributed by atoms with E-state index in [0.717, 1.165) is 0 Å². The van der Waals surface area contributed by atoms with Crippen molar-refractivity contribution in [2.24, 2.45) is 0 Å². The molecule has 0 spiro atoms. The Kier molecular flexibility index (Phi) is 3.37. The third kappa shape index (κ3) is 2.37. The number of aliphatic hydroxyl groups is 2. The van der Waals surface area contributed by atoms with Crippen LogP contribution in [0, 0.1) is 0 Å². The van der Waals surface area contributed by atoms with Crippen molar-refractivity contribution in [3.8, 4) is 0 Å². The topological polar surface area (TPSA) is 86.6 Å². The fourth-order valence-electron chi connectivity index (χ4n) is 3.06. The first-order valence-electron chi connectivity index (χ1n) is 6.88. The molecule has 3 heterocycles. The Hall–Kier alpha value is -0.280. The Morgan fingerprint density at radius 3 is 2.10 bits per heavy atom. The summed E-state index contributed by atoms with van der Waals surface area (Å²) in [5.41, 5.74) is 0. The van der Waals surface area contributed by atoms with E-state index in [-0.39, 0.29) is 0 Å². The number of ether oxygens (including phenoxy) is 5. The van der Waals surface area contributed by atoms with Gasteiger partial charge in [-0.1, -0.05) is 0 Å². The molecule has 0 unspecified atom stereocenters. The van der Waals surface area contributed by atoms with E-state index in [1.165, 1.54) is 0 Å². The van der Waals surface area contributed by atoms with E-state index in [0.29, 0.717) is 0 Å². The van der Waals surface area contributed by atoms with Crippen LogP contribution in [0.2, 0.25) is 0 Å². The van der Waals surface area contributed by atoms with Gasteiger partial charge in [-0.2, -0.15) is 0 Å². The molecule has 3 rings (SSSR count). The van der Waals surface area contributed by atoms with Crippen molar-refractivity contribution in [3.05, 3.63) is 0 Å². The summed E-state index contributed by atoms with van der Waals surface area (Å²) >= 11 is 0. The van der Waals surface area contributed by atoms with E-state index in [1.807, 2.05) is 0 Å². The van der Waals surface area contributed by atoms with Gasteiger partial charge in [0.2, 0.25) is 0 Å². The standard InChI is InChI=1S/C13H22O7/c1-12(2)17-8-7(6(15)5-14)16-11-10(9(8)18-12)19-13(3,4)20-11/h6-11,14-15H,5H2,1-4H3/t6-,7-,8+,9+,10-,11-/m1/s1. The SMILES string of the molecule is CC1(C)O[C@@H]2[C@H](O1)[C@H]1OC(C)(C)O[C@H]1O[C@@H]2[C@H](O)CO. The molecular formula is C13H22O7. The summed E-state index contributed by atoms with van der Waals surface area (Å²) in [7, 11) is 0. The second-order valence-corrected chi connectivity index (χ2v) is 6.38. The smallest absolute Gasteiger partial charge is 0.190 e. The van der Waals surface area contributed by atoms with Crippen molar-refractivity contribution in [1.29, 1.82) is 0 Å². The molecule has 0 aromatic carbocycles. The fraction of sp³-hybridized carbons (Fsp3) is 1.00. The van der Waals surface area contributed by atoms with Gasteiger partial charge in [0.25, 0.3) is 0 Å². The van der Waals surface area contributed by atoms with Gasteiger partial charge in [0, 0.05) is 0 Å². The van der Waals surface area contributed by atoms with Gasteiger partial charge in [-0.25, -0.2) is 0 Å². The Morgan fingerprint density at radius 1 is 0.900 bits per heavy atom. The summed E-state index contributed by atoms with van der Waals surface area (Å²) in [4.78, 5) is 0. The Morgan fingerprint density at radius 2 is 1.45 bits per heavy atom. The minimum absolute atomic E-state index is 0.406. The van der Waals surface area contributed by atoms with Crippen LogP contribution in [0.1, 0.15) is 27.7 Å². The van der Waals surface area contributed by atoms with Crippen molar-refractivity contribution >= 4 is 0 Å².